The van der Waals surface area contributed by atoms with Crippen molar-refractivity contribution in [3.05, 3.63) is 105 Å². The van der Waals surface area contributed by atoms with Crippen molar-refractivity contribution < 1.29 is 4.79 Å². The van der Waals surface area contributed by atoms with Crippen molar-refractivity contribution in [3.63, 3.8) is 0 Å². The number of halogens is 2. The monoisotopic (exact) mass is 453 g/mol. The van der Waals surface area contributed by atoms with Gasteiger partial charge >= 0.3 is 0 Å². The van der Waals surface area contributed by atoms with Gasteiger partial charge in [0.2, 0.25) is 0 Å². The fourth-order valence-electron chi connectivity index (χ4n) is 3.42. The van der Waals surface area contributed by atoms with Crippen molar-refractivity contribution >= 4 is 29.1 Å². The van der Waals surface area contributed by atoms with Crippen LogP contribution in [0.25, 0.3) is 0 Å². The summed E-state index contributed by atoms with van der Waals surface area (Å²) >= 11 is 12.8. The van der Waals surface area contributed by atoms with Gasteiger partial charge in [-0.3, -0.25) is 9.48 Å². The number of nitrogens with one attached hydrogen (secondary N) is 1. The molecule has 2 aromatic carbocycles. The highest BCUT2D eigenvalue weighted by atomic mass is 35.5. The largest absolute Gasteiger partial charge is 0.348 e. The number of carbonyl (C=O) groups is 1. The summed E-state index contributed by atoms with van der Waals surface area (Å²) in [6.07, 6.45) is 3.65. The van der Waals surface area contributed by atoms with Gasteiger partial charge in [0, 0.05) is 24.0 Å². The molecule has 6 nitrogen and oxygen atoms in total. The maximum Gasteiger partial charge on any atom is 0.256 e. The second kappa shape index (κ2) is 9.37. The molecule has 0 saturated heterocycles. The Balaban J connectivity index is 1.49. The second-order valence-corrected chi connectivity index (χ2v) is 7.92. The van der Waals surface area contributed by atoms with Gasteiger partial charge in [0.05, 0.1) is 24.3 Å². The lowest BCUT2D eigenvalue weighted by Crippen LogP contribution is -2.24. The minimum Gasteiger partial charge on any atom is -0.348 e. The highest BCUT2D eigenvalue weighted by molar-refractivity contribution is 6.33. The molecule has 0 aliphatic carbocycles. The highest BCUT2D eigenvalue weighted by Gasteiger charge is 2.21. The van der Waals surface area contributed by atoms with Gasteiger partial charge in [-0.2, -0.15) is 10.2 Å². The van der Waals surface area contributed by atoms with Crippen molar-refractivity contribution in [2.75, 3.05) is 0 Å². The number of aromatic nitrogens is 4. The Morgan fingerprint density at radius 3 is 2.39 bits per heavy atom. The predicted octanol–water partition coefficient (Wildman–Crippen LogP) is 4.72. The molecule has 1 N–H and O–H groups in total. The average Bonchev–Trinajstić information content (AvgIpc) is 3.36. The highest BCUT2D eigenvalue weighted by Crippen LogP contribution is 2.23. The Kier molecular flexibility index (Phi) is 6.39. The van der Waals surface area contributed by atoms with Gasteiger partial charge in [-0.1, -0.05) is 65.7 Å². The van der Waals surface area contributed by atoms with Gasteiger partial charge in [-0.05, 0) is 35.7 Å². The summed E-state index contributed by atoms with van der Waals surface area (Å²) in [5.74, 6) is -0.262. The van der Waals surface area contributed by atoms with Crippen LogP contribution in [0.4, 0.5) is 0 Å². The standard InChI is InChI=1S/C23H21Cl2N5O/c1-16-21(22(25)30(28-16)15-19-9-4-5-10-20(19)24)23(31)26-13-17-7-2-3-8-18(17)14-29-12-6-11-27-29/h2-12H,13-15H2,1H3,(H,26,31). The summed E-state index contributed by atoms with van der Waals surface area (Å²) in [7, 11) is 0. The Hall–Kier alpha value is -3.09. The van der Waals surface area contributed by atoms with E-state index in [1.54, 1.807) is 17.8 Å². The van der Waals surface area contributed by atoms with E-state index in [2.05, 4.69) is 15.5 Å². The van der Waals surface area contributed by atoms with Crippen molar-refractivity contribution in [1.82, 2.24) is 24.9 Å². The van der Waals surface area contributed by atoms with Crippen LogP contribution in [0.1, 0.15) is 32.7 Å². The third-order valence-electron chi connectivity index (χ3n) is 5.02. The molecule has 4 rings (SSSR count). The molecular formula is C23H21Cl2N5O. The molecular weight excluding hydrogens is 433 g/mol. The van der Waals surface area contributed by atoms with Crippen molar-refractivity contribution in [3.8, 4) is 0 Å². The van der Waals surface area contributed by atoms with E-state index in [0.29, 0.717) is 41.1 Å². The summed E-state index contributed by atoms with van der Waals surface area (Å²) in [5.41, 5.74) is 3.93. The Morgan fingerprint density at radius 2 is 1.68 bits per heavy atom. The number of rotatable bonds is 7. The van der Waals surface area contributed by atoms with Gasteiger partial charge in [-0.25, -0.2) is 4.68 Å². The summed E-state index contributed by atoms with van der Waals surface area (Å²) in [6.45, 7) is 3.17. The summed E-state index contributed by atoms with van der Waals surface area (Å²) < 4.78 is 3.44. The molecule has 1 amide bonds. The number of nitrogens with zero attached hydrogens (tertiary/aromatic N) is 4. The molecule has 8 heteroatoms. The maximum atomic E-state index is 12.9. The van der Waals surface area contributed by atoms with Crippen molar-refractivity contribution in [1.29, 1.82) is 0 Å². The van der Waals surface area contributed by atoms with Crippen LogP contribution in [0.15, 0.2) is 67.0 Å². The lowest BCUT2D eigenvalue weighted by molar-refractivity contribution is 0.0950. The van der Waals surface area contributed by atoms with Crippen LogP contribution in [0.2, 0.25) is 10.2 Å². The van der Waals surface area contributed by atoms with Crippen LogP contribution in [0.5, 0.6) is 0 Å². The first-order chi connectivity index (χ1) is 15.0. The van der Waals surface area contributed by atoms with Crippen LogP contribution in [0, 0.1) is 6.92 Å². The van der Waals surface area contributed by atoms with Crippen molar-refractivity contribution in [2.24, 2.45) is 0 Å². The van der Waals surface area contributed by atoms with E-state index < -0.39 is 0 Å². The van der Waals surface area contributed by atoms with E-state index in [0.717, 1.165) is 16.7 Å². The van der Waals surface area contributed by atoms with Crippen LogP contribution in [-0.2, 0) is 19.6 Å². The zero-order valence-corrected chi connectivity index (χ0v) is 18.4. The molecule has 0 aliphatic rings. The molecule has 4 aromatic rings. The molecule has 0 atom stereocenters. The number of amides is 1. The van der Waals surface area contributed by atoms with E-state index in [1.165, 1.54) is 0 Å². The zero-order chi connectivity index (χ0) is 21.8. The van der Waals surface area contributed by atoms with Crippen LogP contribution < -0.4 is 5.32 Å². The molecule has 2 heterocycles. The van der Waals surface area contributed by atoms with E-state index in [9.17, 15) is 4.79 Å². The molecule has 0 spiro atoms. The SMILES string of the molecule is Cc1nn(Cc2ccccc2Cl)c(Cl)c1C(=O)NCc1ccccc1Cn1cccn1. The molecule has 0 fully saturated rings. The molecule has 31 heavy (non-hydrogen) atoms. The first-order valence-corrected chi connectivity index (χ1v) is 10.6. The average molecular weight is 454 g/mol. The predicted molar refractivity (Wildman–Crippen MR) is 121 cm³/mol. The third-order valence-corrected chi connectivity index (χ3v) is 5.77. The van der Waals surface area contributed by atoms with Crippen LogP contribution in [-0.4, -0.2) is 25.5 Å². The summed E-state index contributed by atoms with van der Waals surface area (Å²) in [5, 5.41) is 12.6. The van der Waals surface area contributed by atoms with Gasteiger partial charge in [0.15, 0.2) is 0 Å². The maximum absolute atomic E-state index is 12.9. The minimum absolute atomic E-state index is 0.262. The topological polar surface area (TPSA) is 64.7 Å². The van der Waals surface area contributed by atoms with Gasteiger partial charge < -0.3 is 5.32 Å². The van der Waals surface area contributed by atoms with E-state index in [-0.39, 0.29) is 5.91 Å². The number of hydrogen-bond acceptors (Lipinski definition) is 3. The Morgan fingerprint density at radius 1 is 0.968 bits per heavy atom. The first kappa shape index (κ1) is 21.2. The molecule has 0 aliphatic heterocycles. The van der Waals surface area contributed by atoms with E-state index >= 15 is 0 Å². The molecule has 0 bridgehead atoms. The van der Waals surface area contributed by atoms with Crippen LogP contribution in [0.3, 0.4) is 0 Å². The second-order valence-electron chi connectivity index (χ2n) is 7.16. The quantitative estimate of drug-likeness (QED) is 0.440. The molecule has 0 unspecified atom stereocenters. The summed E-state index contributed by atoms with van der Waals surface area (Å²) in [6, 6.07) is 17.3. The number of hydrogen-bond donors (Lipinski definition) is 1. The number of carbonyl (C=O) groups excluding carboxylic acids is 1. The molecule has 0 saturated carbocycles. The Labute approximate surface area is 190 Å². The fraction of sp³-hybridized carbons (Fsp3) is 0.174. The molecule has 0 radical (unpaired) electrons. The molecule has 158 valence electrons. The Bertz CT molecular complexity index is 1200. The fourth-order valence-corrected chi connectivity index (χ4v) is 3.94. The van der Waals surface area contributed by atoms with Gasteiger partial charge in [0.1, 0.15) is 5.15 Å². The first-order valence-electron chi connectivity index (χ1n) is 9.81. The number of aryl methyl sites for hydroxylation is 1. The zero-order valence-electron chi connectivity index (χ0n) is 16.9. The smallest absolute Gasteiger partial charge is 0.256 e. The van der Waals surface area contributed by atoms with Gasteiger partial charge in [0.25, 0.3) is 5.91 Å². The van der Waals surface area contributed by atoms with Gasteiger partial charge in [-0.15, -0.1) is 0 Å². The lowest BCUT2D eigenvalue weighted by Gasteiger charge is -2.11. The summed E-state index contributed by atoms with van der Waals surface area (Å²) in [4.78, 5) is 12.9. The normalized spacial score (nSPS) is 10.9. The minimum atomic E-state index is -0.262. The van der Waals surface area contributed by atoms with E-state index in [4.69, 9.17) is 23.2 Å². The number of benzene rings is 2. The van der Waals surface area contributed by atoms with Crippen molar-refractivity contribution in [2.45, 2.75) is 26.6 Å². The van der Waals surface area contributed by atoms with Crippen LogP contribution >= 0.6 is 23.2 Å². The van der Waals surface area contributed by atoms with E-state index in [1.807, 2.05) is 65.5 Å². The molecule has 2 aromatic heterocycles. The lowest BCUT2D eigenvalue weighted by atomic mass is 10.1. The third kappa shape index (κ3) is 4.81.